The van der Waals surface area contributed by atoms with Crippen LogP contribution >= 0.6 is 0 Å². The second-order valence-corrected chi connectivity index (χ2v) is 9.29. The van der Waals surface area contributed by atoms with Crippen LogP contribution in [0.15, 0.2) is 54.6 Å². The Bertz CT molecular complexity index is 1260. The lowest BCUT2D eigenvalue weighted by molar-refractivity contribution is -0.139. The number of hydrogen-bond donors (Lipinski definition) is 2. The zero-order valence-corrected chi connectivity index (χ0v) is 20.5. The first kappa shape index (κ1) is 24.8. The van der Waals surface area contributed by atoms with Crippen molar-refractivity contribution in [1.82, 2.24) is 0 Å². The molecule has 2 aromatic rings. The molecule has 0 saturated carbocycles. The van der Waals surface area contributed by atoms with Crippen molar-refractivity contribution in [3.05, 3.63) is 65.7 Å². The van der Waals surface area contributed by atoms with E-state index in [0.717, 1.165) is 5.56 Å². The van der Waals surface area contributed by atoms with Gasteiger partial charge in [0.2, 0.25) is 0 Å². The number of aliphatic hydroxyl groups is 2. The van der Waals surface area contributed by atoms with Crippen LogP contribution in [0.5, 0.6) is 0 Å². The van der Waals surface area contributed by atoms with E-state index in [1.807, 2.05) is 24.3 Å². The van der Waals surface area contributed by atoms with Crippen LogP contribution in [0.1, 0.15) is 24.5 Å². The summed E-state index contributed by atoms with van der Waals surface area (Å²) in [7, 11) is 0. The number of amides is 3. The lowest BCUT2D eigenvalue weighted by atomic mass is 9.82. The Kier molecular flexibility index (Phi) is 6.61. The summed E-state index contributed by atoms with van der Waals surface area (Å²) in [4.78, 5) is 42.6. The fraction of sp³-hybridized carbons (Fsp3) is 0.370. The lowest BCUT2D eigenvalue weighted by Crippen LogP contribution is -2.44. The van der Waals surface area contributed by atoms with Gasteiger partial charge in [0.05, 0.1) is 25.3 Å². The van der Waals surface area contributed by atoms with Crippen molar-refractivity contribution in [1.29, 1.82) is 0 Å². The summed E-state index contributed by atoms with van der Waals surface area (Å²) in [5.74, 6) is -1.10. The molecule has 3 heterocycles. The number of cyclic esters (lactones) is 2. The van der Waals surface area contributed by atoms with E-state index in [1.54, 1.807) is 37.3 Å². The monoisotopic (exact) mass is 507 g/mol. The van der Waals surface area contributed by atoms with Gasteiger partial charge in [-0.15, -0.1) is 0 Å². The molecule has 3 amide bonds. The molecule has 0 radical (unpaired) electrons. The van der Waals surface area contributed by atoms with Gasteiger partial charge in [0.25, 0.3) is 5.91 Å². The number of ether oxygens (including phenoxy) is 2. The van der Waals surface area contributed by atoms with E-state index < -0.39 is 29.6 Å². The fourth-order valence-electron chi connectivity index (χ4n) is 5.04. The second-order valence-electron chi connectivity index (χ2n) is 9.29. The predicted molar refractivity (Wildman–Crippen MR) is 135 cm³/mol. The van der Waals surface area contributed by atoms with Gasteiger partial charge < -0.3 is 24.6 Å². The third kappa shape index (κ3) is 4.32. The Labute approximate surface area is 214 Å². The van der Waals surface area contributed by atoms with E-state index in [-0.39, 0.29) is 19.8 Å². The average Bonchev–Trinajstić information content (AvgIpc) is 3.58. The average molecular weight is 508 g/mol. The Hall–Kier alpha value is -3.89. The Balaban J connectivity index is 1.52. The minimum atomic E-state index is -1.88. The summed E-state index contributed by atoms with van der Waals surface area (Å²) in [6.07, 6.45) is 2.97. The van der Waals surface area contributed by atoms with Crippen molar-refractivity contribution in [3.63, 3.8) is 0 Å². The van der Waals surface area contributed by atoms with Crippen molar-refractivity contribution in [3.8, 4) is 0 Å². The van der Waals surface area contributed by atoms with Crippen LogP contribution in [0.3, 0.4) is 0 Å². The maximum absolute atomic E-state index is 13.9. The van der Waals surface area contributed by atoms with Crippen LogP contribution in [-0.4, -0.2) is 61.2 Å². The first-order valence-electron chi connectivity index (χ1n) is 12.3. The van der Waals surface area contributed by atoms with E-state index >= 15 is 0 Å². The van der Waals surface area contributed by atoms with Gasteiger partial charge in [0, 0.05) is 29.5 Å². The molecule has 2 saturated heterocycles. The summed E-state index contributed by atoms with van der Waals surface area (Å²) in [5, 5.41) is 21.1. The van der Waals surface area contributed by atoms with Crippen molar-refractivity contribution >= 4 is 35.2 Å². The molecule has 10 nitrogen and oxygen atoms in total. The van der Waals surface area contributed by atoms with E-state index in [9.17, 15) is 19.5 Å². The second kappa shape index (κ2) is 9.87. The van der Waals surface area contributed by atoms with E-state index in [4.69, 9.17) is 14.6 Å². The van der Waals surface area contributed by atoms with E-state index in [2.05, 4.69) is 0 Å². The Morgan fingerprint density at radius 3 is 2.30 bits per heavy atom. The molecule has 3 aliphatic rings. The number of carbonyl (C=O) groups is 3. The molecule has 0 spiro atoms. The molecule has 2 N–H and O–H groups in total. The number of fused-ring (bicyclic) bond motifs is 1. The third-order valence-electron chi connectivity index (χ3n) is 7.03. The number of anilines is 3. The molecule has 2 atom stereocenters. The summed E-state index contributed by atoms with van der Waals surface area (Å²) < 4.78 is 10.1. The van der Waals surface area contributed by atoms with Gasteiger partial charge in [-0.2, -0.15) is 0 Å². The highest BCUT2D eigenvalue weighted by Gasteiger charge is 2.52. The smallest absolute Gasteiger partial charge is 0.414 e. The molecule has 10 heteroatoms. The Morgan fingerprint density at radius 1 is 1.00 bits per heavy atom. The largest absolute Gasteiger partial charge is 0.447 e. The molecule has 37 heavy (non-hydrogen) atoms. The summed E-state index contributed by atoms with van der Waals surface area (Å²) in [6, 6.07) is 12.4. The maximum Gasteiger partial charge on any atom is 0.414 e. The third-order valence-corrected chi connectivity index (χ3v) is 7.03. The van der Waals surface area contributed by atoms with Crippen LogP contribution in [-0.2, 0) is 26.4 Å². The van der Waals surface area contributed by atoms with Gasteiger partial charge in [-0.3, -0.25) is 14.6 Å². The standard InChI is InChI=1S/C27H29N3O7/c1-18(5-2-3-12-31)27(35)22-16-21(29-11-14-37-26(29)34)8-9-23(22)30(24(27)32)17-19-6-4-7-20(15-19)28-10-13-36-25(28)33/h2,4-9,15-16,18,31,35H,3,10-14,17H2,1H3/b5-2+/t18-,27+/m0/s1. The van der Waals surface area contributed by atoms with Crippen LogP contribution in [0, 0.1) is 5.92 Å². The first-order chi connectivity index (χ1) is 17.8. The van der Waals surface area contributed by atoms with Crippen molar-refractivity contribution < 1.29 is 34.1 Å². The van der Waals surface area contributed by atoms with Gasteiger partial charge in [0.15, 0.2) is 5.60 Å². The van der Waals surface area contributed by atoms with Gasteiger partial charge in [0.1, 0.15) is 13.2 Å². The quantitative estimate of drug-likeness (QED) is 0.527. The fourth-order valence-corrected chi connectivity index (χ4v) is 5.04. The highest BCUT2D eigenvalue weighted by atomic mass is 16.6. The van der Waals surface area contributed by atoms with Gasteiger partial charge in [-0.1, -0.05) is 31.2 Å². The SMILES string of the molecule is C[C@@H](/C=C/CCO)[C@]1(O)C(=O)N(Cc2cccc(N3CCOC3=O)c2)c2ccc(N3CCOC3=O)cc21. The molecule has 2 fully saturated rings. The molecular formula is C27H29N3O7. The minimum absolute atomic E-state index is 0.0412. The van der Waals surface area contributed by atoms with Gasteiger partial charge >= 0.3 is 12.2 Å². The summed E-state index contributed by atoms with van der Waals surface area (Å²) >= 11 is 0. The Morgan fingerprint density at radius 2 is 1.68 bits per heavy atom. The molecule has 0 aromatic heterocycles. The summed E-state index contributed by atoms with van der Waals surface area (Å²) in [5.41, 5.74) is 1.04. The maximum atomic E-state index is 13.9. The highest BCUT2D eigenvalue weighted by molar-refractivity contribution is 6.08. The molecule has 0 bridgehead atoms. The normalized spacial score (nSPS) is 22.1. The zero-order chi connectivity index (χ0) is 26.2. The van der Waals surface area contributed by atoms with E-state index in [0.29, 0.717) is 48.7 Å². The van der Waals surface area contributed by atoms with Crippen LogP contribution in [0.2, 0.25) is 0 Å². The number of aliphatic hydroxyl groups excluding tert-OH is 1. The number of rotatable bonds is 8. The van der Waals surface area contributed by atoms with Crippen LogP contribution < -0.4 is 14.7 Å². The van der Waals surface area contributed by atoms with Gasteiger partial charge in [-0.25, -0.2) is 9.59 Å². The summed E-state index contributed by atoms with van der Waals surface area (Å²) in [6.45, 7) is 3.30. The lowest BCUT2D eigenvalue weighted by Gasteiger charge is -2.28. The van der Waals surface area contributed by atoms with E-state index in [1.165, 1.54) is 14.7 Å². The number of benzene rings is 2. The highest BCUT2D eigenvalue weighted by Crippen LogP contribution is 2.47. The predicted octanol–water partition coefficient (Wildman–Crippen LogP) is 2.91. The molecule has 5 rings (SSSR count). The van der Waals surface area contributed by atoms with Crippen molar-refractivity contribution in [2.75, 3.05) is 47.6 Å². The topological polar surface area (TPSA) is 120 Å². The molecule has 3 aliphatic heterocycles. The zero-order valence-electron chi connectivity index (χ0n) is 20.5. The number of carbonyl (C=O) groups excluding carboxylic acids is 3. The first-order valence-corrected chi connectivity index (χ1v) is 12.3. The van der Waals surface area contributed by atoms with Crippen molar-refractivity contribution in [2.45, 2.75) is 25.5 Å². The van der Waals surface area contributed by atoms with Crippen LogP contribution in [0.4, 0.5) is 26.7 Å². The molecule has 194 valence electrons. The van der Waals surface area contributed by atoms with Gasteiger partial charge in [-0.05, 0) is 42.3 Å². The van der Waals surface area contributed by atoms with Crippen molar-refractivity contribution in [2.24, 2.45) is 5.92 Å². The molecular weight excluding hydrogens is 478 g/mol. The van der Waals surface area contributed by atoms with Crippen LogP contribution in [0.25, 0.3) is 0 Å². The number of hydrogen-bond acceptors (Lipinski definition) is 7. The molecule has 2 aromatic carbocycles. The molecule has 0 unspecified atom stereocenters. The number of nitrogens with zero attached hydrogens (tertiary/aromatic N) is 3. The molecule has 0 aliphatic carbocycles. The minimum Gasteiger partial charge on any atom is -0.447 e.